The fourth-order valence-electron chi connectivity index (χ4n) is 2.55. The van der Waals surface area contributed by atoms with Crippen LogP contribution in [0.2, 0.25) is 0 Å². The van der Waals surface area contributed by atoms with Crippen LogP contribution in [-0.2, 0) is 4.74 Å². The van der Waals surface area contributed by atoms with Crippen molar-refractivity contribution in [2.75, 3.05) is 13.2 Å². The van der Waals surface area contributed by atoms with Crippen molar-refractivity contribution >= 4 is 11.5 Å². The molecular weight excluding hydrogens is 332 g/mol. The molecule has 0 aliphatic carbocycles. The molecule has 0 aliphatic rings. The second kappa shape index (κ2) is 11.0. The Bertz CT molecular complexity index is 820. The topological polar surface area (TPSA) is 20.5 Å². The smallest absolute Gasteiger partial charge is 0.350 e. The Balaban J connectivity index is 2.12. The van der Waals surface area contributed by atoms with Crippen molar-refractivity contribution in [1.29, 1.82) is 0 Å². The van der Waals surface area contributed by atoms with Gasteiger partial charge in [0.15, 0.2) is 0 Å². The average molecular weight is 362 g/mol. The molecule has 27 heavy (non-hydrogen) atoms. The summed E-state index contributed by atoms with van der Waals surface area (Å²) in [4.78, 5) is 0. The van der Waals surface area contributed by atoms with Gasteiger partial charge in [-0.25, -0.2) is 0 Å². The minimum Gasteiger partial charge on any atom is -0.493 e. The summed E-state index contributed by atoms with van der Waals surface area (Å²) < 4.78 is 11.5. The van der Waals surface area contributed by atoms with Gasteiger partial charge in [0.25, 0.3) is 6.61 Å². The monoisotopic (exact) mass is 361 g/mol. The molecule has 0 bridgehead atoms. The average Bonchev–Trinajstić information content (AvgIpc) is 2.67. The van der Waals surface area contributed by atoms with Crippen molar-refractivity contribution < 1.29 is 9.16 Å². The van der Waals surface area contributed by atoms with Crippen LogP contribution in [0.4, 0.5) is 0 Å². The van der Waals surface area contributed by atoms with Crippen LogP contribution in [0.25, 0.3) is 5.76 Å². The van der Waals surface area contributed by atoms with Gasteiger partial charge >= 0.3 is 5.78 Å². The predicted octanol–water partition coefficient (Wildman–Crippen LogP) is 6.23. The zero-order valence-electron chi connectivity index (χ0n) is 16.7. The lowest BCUT2D eigenvalue weighted by Gasteiger charge is -2.08. The van der Waals surface area contributed by atoms with Gasteiger partial charge in [0, 0.05) is 18.6 Å². The summed E-state index contributed by atoms with van der Waals surface area (Å²) >= 11 is 0. The van der Waals surface area contributed by atoms with Gasteiger partial charge in [-0.2, -0.15) is 0 Å². The molecule has 0 saturated heterocycles. The Labute approximate surface area is 163 Å². The maximum Gasteiger partial charge on any atom is 0.350 e. The van der Waals surface area contributed by atoms with Crippen LogP contribution in [0.15, 0.2) is 78.9 Å². The molecule has 0 aromatic heterocycles. The Morgan fingerprint density at radius 3 is 1.96 bits per heavy atom. The maximum absolute atomic E-state index is 5.77. The van der Waals surface area contributed by atoms with E-state index in [1.807, 2.05) is 44.2 Å². The first-order valence-corrected chi connectivity index (χ1v) is 9.45. The number of allylic oxidation sites excluding steroid dienone is 5. The molecule has 0 N–H and O–H groups in total. The zero-order valence-corrected chi connectivity index (χ0v) is 16.7. The third kappa shape index (κ3) is 6.74. The number of ether oxygens (including phenoxy) is 1. The van der Waals surface area contributed by atoms with Crippen LogP contribution in [-0.4, -0.2) is 19.0 Å². The lowest BCUT2D eigenvalue weighted by molar-refractivity contribution is -0.261. The Kier molecular flexibility index (Phi) is 8.31. The molecule has 2 aromatic rings. The molecule has 0 aliphatic heterocycles. The molecule has 0 radical (unpaired) electrons. The molecule has 2 heteroatoms. The summed E-state index contributed by atoms with van der Waals surface area (Å²) in [7, 11) is 0. The van der Waals surface area contributed by atoms with Crippen LogP contribution < -0.4 is 0 Å². The molecule has 0 saturated carbocycles. The first kappa shape index (κ1) is 20.4. The molecule has 2 rings (SSSR count). The number of benzene rings is 2. The molecule has 0 heterocycles. The Morgan fingerprint density at radius 1 is 0.815 bits per heavy atom. The predicted molar refractivity (Wildman–Crippen MR) is 115 cm³/mol. The molecule has 2 nitrogen and oxygen atoms in total. The second-order valence-electron chi connectivity index (χ2n) is 6.24. The van der Waals surface area contributed by atoms with E-state index in [4.69, 9.17) is 9.16 Å². The standard InChI is InChI=1S/C25H29O2/c1-5-26-24(22-16-12-20(3)13-17-22)10-8-7-9-11-25(27-6-2)23-18-14-21(4)15-19-23/h7-19H,5-6H2,1-4H3/q+1/b8-7+,11-9+,24-10+. The number of carbonyl (C=O) groups excluding carboxylic acids is 1. The van der Waals surface area contributed by atoms with E-state index in [0.29, 0.717) is 13.2 Å². The van der Waals surface area contributed by atoms with Crippen molar-refractivity contribution in [3.8, 4) is 0 Å². The van der Waals surface area contributed by atoms with Crippen molar-refractivity contribution in [2.45, 2.75) is 27.7 Å². The highest BCUT2D eigenvalue weighted by atomic mass is 16.5. The van der Waals surface area contributed by atoms with Crippen LogP contribution in [0.1, 0.15) is 40.5 Å². The van der Waals surface area contributed by atoms with Gasteiger partial charge in [-0.1, -0.05) is 65.8 Å². The fourth-order valence-corrected chi connectivity index (χ4v) is 2.55. The molecule has 2 aromatic carbocycles. The second-order valence-corrected chi connectivity index (χ2v) is 6.24. The van der Waals surface area contributed by atoms with Crippen molar-refractivity contribution in [3.63, 3.8) is 0 Å². The maximum atomic E-state index is 5.77. The lowest BCUT2D eigenvalue weighted by Crippen LogP contribution is -1.98. The molecule has 0 fully saturated rings. The minimum atomic E-state index is 0.638. The van der Waals surface area contributed by atoms with Gasteiger partial charge in [-0.05, 0) is 39.0 Å². The van der Waals surface area contributed by atoms with Gasteiger partial charge in [0.05, 0.1) is 12.2 Å². The summed E-state index contributed by atoms with van der Waals surface area (Å²) in [6.45, 7) is 9.43. The first-order valence-electron chi connectivity index (χ1n) is 9.45. The number of aryl methyl sites for hydroxylation is 2. The number of hydrogen-bond acceptors (Lipinski definition) is 1. The summed E-state index contributed by atoms with van der Waals surface area (Å²) in [6, 6.07) is 16.7. The molecular formula is C25H29O2+. The van der Waals surface area contributed by atoms with E-state index in [1.165, 1.54) is 11.1 Å². The van der Waals surface area contributed by atoms with E-state index in [1.54, 1.807) is 0 Å². The minimum absolute atomic E-state index is 0.638. The lowest BCUT2D eigenvalue weighted by atomic mass is 10.1. The van der Waals surface area contributed by atoms with Crippen LogP contribution in [0.5, 0.6) is 0 Å². The quantitative estimate of drug-likeness (QED) is 0.179. The first-order chi connectivity index (χ1) is 13.1. The van der Waals surface area contributed by atoms with E-state index < -0.39 is 0 Å². The molecule has 0 unspecified atom stereocenters. The van der Waals surface area contributed by atoms with E-state index in [2.05, 4.69) is 62.4 Å². The van der Waals surface area contributed by atoms with E-state index in [-0.39, 0.29) is 0 Å². The van der Waals surface area contributed by atoms with Crippen molar-refractivity contribution in [3.05, 3.63) is 101 Å². The largest absolute Gasteiger partial charge is 0.493 e. The van der Waals surface area contributed by atoms with Crippen molar-refractivity contribution in [2.24, 2.45) is 0 Å². The van der Waals surface area contributed by atoms with Gasteiger partial charge in [0.1, 0.15) is 5.76 Å². The summed E-state index contributed by atoms with van der Waals surface area (Å²) in [5.41, 5.74) is 4.64. The highest BCUT2D eigenvalue weighted by Gasteiger charge is 2.09. The Hall–Kier alpha value is -2.87. The number of hydrogen-bond donors (Lipinski definition) is 0. The van der Waals surface area contributed by atoms with Crippen molar-refractivity contribution in [1.82, 2.24) is 0 Å². The van der Waals surface area contributed by atoms with Crippen LogP contribution in [0, 0.1) is 13.8 Å². The fraction of sp³-hybridized carbons (Fsp3) is 0.240. The molecule has 140 valence electrons. The summed E-state index contributed by atoms with van der Waals surface area (Å²) in [6.07, 6.45) is 9.94. The van der Waals surface area contributed by atoms with Gasteiger partial charge in [0.2, 0.25) is 0 Å². The molecule has 0 amide bonds. The third-order valence-electron chi connectivity index (χ3n) is 3.99. The zero-order chi connectivity index (χ0) is 19.5. The summed E-state index contributed by atoms with van der Waals surface area (Å²) in [5.74, 6) is 1.74. The van der Waals surface area contributed by atoms with E-state index >= 15 is 0 Å². The normalized spacial score (nSPS) is 12.9. The highest BCUT2D eigenvalue weighted by molar-refractivity contribution is 6.04. The van der Waals surface area contributed by atoms with Gasteiger partial charge < -0.3 is 4.74 Å². The van der Waals surface area contributed by atoms with Crippen LogP contribution >= 0.6 is 0 Å². The van der Waals surface area contributed by atoms with E-state index in [0.717, 1.165) is 22.7 Å². The summed E-state index contributed by atoms with van der Waals surface area (Å²) in [5, 5.41) is 0. The van der Waals surface area contributed by atoms with Crippen LogP contribution in [0.3, 0.4) is 0 Å². The number of ketones is 1. The van der Waals surface area contributed by atoms with Gasteiger partial charge in [-0.15, -0.1) is 0 Å². The third-order valence-corrected chi connectivity index (χ3v) is 3.99. The Morgan fingerprint density at radius 2 is 1.41 bits per heavy atom. The molecule has 0 atom stereocenters. The SMILES string of the molecule is CCO/C(=C/C=C/C=C/C(=[O+]CC)c1ccc(C)cc1)c1ccc(C)cc1. The highest BCUT2D eigenvalue weighted by Crippen LogP contribution is 2.16. The van der Waals surface area contributed by atoms with E-state index in [9.17, 15) is 0 Å². The van der Waals surface area contributed by atoms with Gasteiger partial charge in [-0.3, -0.25) is 4.42 Å². The number of rotatable bonds is 8. The molecule has 0 spiro atoms.